The van der Waals surface area contributed by atoms with Crippen molar-refractivity contribution in [2.24, 2.45) is 0 Å². The van der Waals surface area contributed by atoms with Crippen LogP contribution in [0.25, 0.3) is 22.2 Å². The fourth-order valence-electron chi connectivity index (χ4n) is 1.24. The van der Waals surface area contributed by atoms with Gasteiger partial charge in [-0.15, -0.1) is 0 Å². The first-order valence-corrected chi connectivity index (χ1v) is 9.60. The van der Waals surface area contributed by atoms with Crippen molar-refractivity contribution in [2.45, 2.75) is 0 Å². The summed E-state index contributed by atoms with van der Waals surface area (Å²) < 4.78 is 0. The van der Waals surface area contributed by atoms with Crippen molar-refractivity contribution in [3.05, 3.63) is 47.9 Å². The van der Waals surface area contributed by atoms with E-state index in [0.717, 1.165) is 10.8 Å². The van der Waals surface area contributed by atoms with E-state index in [0.29, 0.717) is 0 Å². The molecular formula is C10H8Cl2N2Pt. The Morgan fingerprint density at radius 2 is 1.20 bits per heavy atom. The van der Waals surface area contributed by atoms with Gasteiger partial charge in [-0.1, -0.05) is 36.4 Å². The standard InChI is InChI=1S/C10H8N2.2ClH.Pt/c11-9-5-7-3-1-2-4-8(7)6-10(9)12;;;/h1-6,11-12H;2*1H;/q-2;;;+4/p-2. The summed E-state index contributed by atoms with van der Waals surface area (Å²) in [4.78, 5) is 0. The molecule has 0 saturated heterocycles. The van der Waals surface area contributed by atoms with E-state index in [-0.39, 0.29) is 11.4 Å². The third-order valence-electron chi connectivity index (χ3n) is 1.89. The summed E-state index contributed by atoms with van der Waals surface area (Å²) >= 11 is -0.472. The molecule has 0 heterocycles. The molecule has 5 heteroatoms. The number of rotatable bonds is 0. The Morgan fingerprint density at radius 3 is 1.53 bits per heavy atom. The number of fused-ring (bicyclic) bond motifs is 1. The van der Waals surface area contributed by atoms with Gasteiger partial charge in [-0.25, -0.2) is 0 Å². The summed E-state index contributed by atoms with van der Waals surface area (Å²) in [5.41, 5.74) is 15.4. The molecule has 82 valence electrons. The van der Waals surface area contributed by atoms with Gasteiger partial charge in [-0.2, -0.15) is 11.4 Å². The molecule has 0 atom stereocenters. The quantitative estimate of drug-likeness (QED) is 0.532. The average molecular weight is 422 g/mol. The molecule has 0 spiro atoms. The van der Waals surface area contributed by atoms with Crippen LogP contribution >= 0.6 is 18.8 Å². The Bertz CT molecular complexity index is 408. The molecule has 15 heavy (non-hydrogen) atoms. The maximum Gasteiger partial charge on any atom is -0.0197 e. The van der Waals surface area contributed by atoms with Crippen LogP contribution in [0.1, 0.15) is 0 Å². The molecule has 0 amide bonds. The van der Waals surface area contributed by atoms with Crippen LogP contribution in [0.3, 0.4) is 0 Å². The molecule has 0 aliphatic heterocycles. The van der Waals surface area contributed by atoms with Crippen LogP contribution in [0.2, 0.25) is 0 Å². The average Bonchev–Trinajstić information content (AvgIpc) is 2.21. The maximum atomic E-state index is 7.41. The van der Waals surface area contributed by atoms with Gasteiger partial charge in [0.05, 0.1) is 0 Å². The first-order valence-electron chi connectivity index (χ1n) is 3.97. The molecular weight excluding hydrogens is 414 g/mol. The molecule has 0 bridgehead atoms. The van der Waals surface area contributed by atoms with E-state index < -0.39 is 16.5 Å². The number of hydrogen-bond acceptors (Lipinski definition) is 0. The molecule has 0 saturated carbocycles. The van der Waals surface area contributed by atoms with E-state index in [4.69, 9.17) is 30.3 Å². The minimum absolute atomic E-state index is 0.286. The third-order valence-corrected chi connectivity index (χ3v) is 1.89. The van der Waals surface area contributed by atoms with Crippen LogP contribution in [0.4, 0.5) is 11.4 Å². The van der Waals surface area contributed by atoms with Crippen LogP contribution < -0.4 is 0 Å². The zero-order valence-electron chi connectivity index (χ0n) is 7.54. The maximum absolute atomic E-state index is 7.41. The summed E-state index contributed by atoms with van der Waals surface area (Å²) in [7, 11) is 9.75. The minimum atomic E-state index is -0.472. The summed E-state index contributed by atoms with van der Waals surface area (Å²) in [6.45, 7) is 0. The van der Waals surface area contributed by atoms with Crippen LogP contribution in [0, 0.1) is 0 Å². The number of benzene rings is 2. The third kappa shape index (κ3) is 3.57. The number of hydrogen-bond donors (Lipinski definition) is 0. The number of nitrogens with one attached hydrogen (secondary N) is 2. The van der Waals surface area contributed by atoms with Crippen LogP contribution in [-0.2, 0) is 16.5 Å². The van der Waals surface area contributed by atoms with Crippen LogP contribution in [0.15, 0.2) is 36.4 Å². The summed E-state index contributed by atoms with van der Waals surface area (Å²) in [5, 5.41) is 2.05. The molecule has 0 radical (unpaired) electrons. The van der Waals surface area contributed by atoms with E-state index in [9.17, 15) is 0 Å². The predicted molar refractivity (Wildman–Crippen MR) is 63.6 cm³/mol. The Labute approximate surface area is 105 Å². The fourth-order valence-corrected chi connectivity index (χ4v) is 1.24. The molecule has 2 N–H and O–H groups in total. The van der Waals surface area contributed by atoms with Gasteiger partial charge in [0, 0.05) is 0 Å². The first kappa shape index (κ1) is 12.6. The van der Waals surface area contributed by atoms with Crippen LogP contribution in [-0.4, -0.2) is 0 Å². The monoisotopic (exact) mass is 421 g/mol. The van der Waals surface area contributed by atoms with Crippen molar-refractivity contribution in [2.75, 3.05) is 0 Å². The zero-order valence-corrected chi connectivity index (χ0v) is 11.3. The molecule has 2 aromatic rings. The summed E-state index contributed by atoms with van der Waals surface area (Å²) in [6.07, 6.45) is 0. The van der Waals surface area contributed by atoms with Crippen molar-refractivity contribution in [3.63, 3.8) is 0 Å². The van der Waals surface area contributed by atoms with Gasteiger partial charge in [-0.3, -0.25) is 0 Å². The fraction of sp³-hybridized carbons (Fsp3) is 0. The van der Waals surface area contributed by atoms with E-state index in [1.807, 2.05) is 24.3 Å². The summed E-state index contributed by atoms with van der Waals surface area (Å²) in [6, 6.07) is 11.2. The van der Waals surface area contributed by atoms with Crippen molar-refractivity contribution < 1.29 is 16.5 Å². The first-order chi connectivity index (χ1) is 7.19. The molecule has 2 nitrogen and oxygen atoms in total. The minimum Gasteiger partial charge on any atom is -0.700 e. The molecule has 2 rings (SSSR count). The molecule has 0 aliphatic rings. The van der Waals surface area contributed by atoms with Gasteiger partial charge < -0.3 is 11.5 Å². The second kappa shape index (κ2) is 6.22. The second-order valence-corrected chi connectivity index (χ2v) is 6.07. The van der Waals surface area contributed by atoms with Gasteiger partial charge in [0.25, 0.3) is 0 Å². The van der Waals surface area contributed by atoms with E-state index >= 15 is 0 Å². The van der Waals surface area contributed by atoms with E-state index in [2.05, 4.69) is 0 Å². The molecule has 0 unspecified atom stereocenters. The van der Waals surface area contributed by atoms with Gasteiger partial charge >= 0.3 is 35.3 Å². The van der Waals surface area contributed by atoms with Crippen LogP contribution in [0.5, 0.6) is 0 Å². The molecule has 0 fully saturated rings. The van der Waals surface area contributed by atoms with Gasteiger partial charge in [0.15, 0.2) is 0 Å². The molecule has 2 aromatic carbocycles. The van der Waals surface area contributed by atoms with Gasteiger partial charge in [0.1, 0.15) is 0 Å². The Balaban J connectivity index is 0.000000337. The zero-order chi connectivity index (χ0) is 11.3. The summed E-state index contributed by atoms with van der Waals surface area (Å²) in [5.74, 6) is 0. The molecule has 0 aromatic heterocycles. The SMILES string of the molecule is [Cl][Pt+2][Cl].[NH-]c1cc2ccccc2cc1[NH-]. The Morgan fingerprint density at radius 1 is 0.867 bits per heavy atom. The van der Waals surface area contributed by atoms with E-state index in [1.165, 1.54) is 0 Å². The van der Waals surface area contributed by atoms with Gasteiger partial charge in [0.2, 0.25) is 0 Å². The Hall–Kier alpha value is -0.432. The molecule has 0 aliphatic carbocycles. The largest absolute Gasteiger partial charge is 0.700 e. The van der Waals surface area contributed by atoms with Crippen molar-refractivity contribution >= 4 is 41.0 Å². The van der Waals surface area contributed by atoms with Crippen molar-refractivity contribution in [3.8, 4) is 0 Å². The predicted octanol–water partition coefficient (Wildman–Crippen LogP) is 5.58. The topological polar surface area (TPSA) is 47.6 Å². The smallest absolute Gasteiger partial charge is 0.0197 e. The van der Waals surface area contributed by atoms with Crippen molar-refractivity contribution in [1.82, 2.24) is 0 Å². The normalized spacial score (nSPS) is 9.73. The second-order valence-electron chi connectivity index (χ2n) is 2.79. The Kier molecular flexibility index (Phi) is 5.24. The van der Waals surface area contributed by atoms with Crippen molar-refractivity contribution in [1.29, 1.82) is 0 Å². The van der Waals surface area contributed by atoms with Gasteiger partial charge in [-0.05, 0) is 10.8 Å². The number of halogens is 2. The van der Waals surface area contributed by atoms with E-state index in [1.54, 1.807) is 12.1 Å².